The predicted molar refractivity (Wildman–Crippen MR) is 191 cm³/mol. The fraction of sp³-hybridized carbons (Fsp3) is 0.0476. The van der Waals surface area contributed by atoms with Gasteiger partial charge in [-0.2, -0.15) is 0 Å². The van der Waals surface area contributed by atoms with Crippen molar-refractivity contribution in [3.63, 3.8) is 0 Å². The molecule has 0 radical (unpaired) electrons. The minimum Gasteiger partial charge on any atom is -0.0871 e. The Morgan fingerprint density at radius 3 is 1.81 bits per heavy atom. The van der Waals surface area contributed by atoms with Gasteiger partial charge in [-0.05, 0) is 91.4 Å². The van der Waals surface area contributed by atoms with Crippen LogP contribution in [0, 0.1) is 6.92 Å². The van der Waals surface area contributed by atoms with Crippen LogP contribution in [0.15, 0.2) is 146 Å². The van der Waals surface area contributed by atoms with Gasteiger partial charge < -0.3 is 0 Å². The van der Waals surface area contributed by atoms with Crippen LogP contribution in [0.4, 0.5) is 0 Å². The Bertz CT molecular complexity index is 2330. The molecule has 1 heteroatoms. The van der Waals surface area contributed by atoms with E-state index in [0.29, 0.717) is 0 Å². The lowest BCUT2D eigenvalue weighted by atomic mass is 9.85. The van der Waals surface area contributed by atoms with Crippen molar-refractivity contribution in [1.29, 1.82) is 0 Å². The lowest BCUT2D eigenvalue weighted by Crippen LogP contribution is -1.91. The maximum Gasteiger partial charge on any atom is 0.00687 e. The van der Waals surface area contributed by atoms with Crippen LogP contribution < -0.4 is 0 Å². The molecular formula is C42H31P. The van der Waals surface area contributed by atoms with E-state index in [1.807, 2.05) is 0 Å². The van der Waals surface area contributed by atoms with Crippen LogP contribution in [0.5, 0.6) is 0 Å². The van der Waals surface area contributed by atoms with Crippen LogP contribution in [-0.4, -0.2) is 0 Å². The summed E-state index contributed by atoms with van der Waals surface area (Å²) >= 11 is 0. The molecule has 8 rings (SSSR count). The third-order valence-corrected chi connectivity index (χ3v) is 11.3. The molecule has 1 atom stereocenters. The molecule has 0 amide bonds. The van der Waals surface area contributed by atoms with E-state index in [4.69, 9.17) is 0 Å². The van der Waals surface area contributed by atoms with Crippen molar-refractivity contribution >= 4 is 56.2 Å². The summed E-state index contributed by atoms with van der Waals surface area (Å²) in [6.45, 7) is 4.27. The van der Waals surface area contributed by atoms with E-state index in [0.717, 1.165) is 0 Å². The average Bonchev–Trinajstić information content (AvgIpc) is 3.38. The molecule has 8 aromatic rings. The maximum atomic E-state index is 2.47. The number of hydrogen-bond donors (Lipinski definition) is 0. The predicted octanol–water partition coefficient (Wildman–Crippen LogP) is 13.0. The van der Waals surface area contributed by atoms with E-state index < -0.39 is 7.53 Å². The van der Waals surface area contributed by atoms with E-state index in [2.05, 4.69) is 166 Å². The first-order valence-corrected chi connectivity index (χ1v) is 16.3. The zero-order valence-corrected chi connectivity index (χ0v) is 25.3. The van der Waals surface area contributed by atoms with Crippen molar-refractivity contribution in [2.75, 3.05) is 0 Å². The summed E-state index contributed by atoms with van der Waals surface area (Å²) < 4.78 is 0. The highest BCUT2D eigenvalue weighted by molar-refractivity contribution is 7.67. The van der Waals surface area contributed by atoms with E-state index in [1.165, 1.54) is 81.2 Å². The third kappa shape index (κ3) is 4.22. The Hall–Kier alpha value is -4.90. The molecule has 0 aliphatic heterocycles. The Morgan fingerprint density at radius 2 is 1.07 bits per heavy atom. The fourth-order valence-corrected chi connectivity index (χ4v) is 9.46. The van der Waals surface area contributed by atoms with E-state index >= 15 is 0 Å². The highest BCUT2D eigenvalue weighted by atomic mass is 31.1. The molecule has 0 nitrogen and oxygen atoms in total. The van der Waals surface area contributed by atoms with Gasteiger partial charge in [0.25, 0.3) is 0 Å². The third-order valence-electron chi connectivity index (χ3n) is 8.71. The number of aryl methyl sites for hydroxylation is 1. The second kappa shape index (κ2) is 10.4. The number of benzene rings is 7. The lowest BCUT2D eigenvalue weighted by Gasteiger charge is -2.18. The lowest BCUT2D eigenvalue weighted by molar-refractivity contribution is 1.51. The Kier molecular flexibility index (Phi) is 6.25. The van der Waals surface area contributed by atoms with Crippen LogP contribution >= 0.6 is 7.53 Å². The van der Waals surface area contributed by atoms with E-state index in [9.17, 15) is 0 Å². The SMILES string of the molecule is C/C=C\c1ccc(-c2c3ccccc3c(-c3ccc4c(c3)c3ccccc3p4-c3ccccc3)c3cc(C)ccc23)cc1. The monoisotopic (exact) mass is 566 g/mol. The zero-order valence-electron chi connectivity index (χ0n) is 24.4. The molecular weight excluding hydrogens is 535 g/mol. The Balaban J connectivity index is 1.45. The second-order valence-corrected chi connectivity index (χ2v) is 13.5. The van der Waals surface area contributed by atoms with Crippen molar-refractivity contribution in [3.8, 4) is 27.6 Å². The van der Waals surface area contributed by atoms with Gasteiger partial charge in [-0.25, -0.2) is 0 Å². The highest BCUT2D eigenvalue weighted by Crippen LogP contribution is 2.56. The molecule has 1 aromatic heterocycles. The summed E-state index contributed by atoms with van der Waals surface area (Å²) in [5.74, 6) is 0. The molecule has 0 aliphatic rings. The highest BCUT2D eigenvalue weighted by Gasteiger charge is 2.19. The van der Waals surface area contributed by atoms with Gasteiger partial charge in [0.1, 0.15) is 0 Å². The molecule has 7 aromatic carbocycles. The molecule has 0 aliphatic carbocycles. The number of allylic oxidation sites excluding steroid dienone is 1. The van der Waals surface area contributed by atoms with E-state index in [1.54, 1.807) is 0 Å². The molecule has 0 spiro atoms. The molecule has 0 N–H and O–H groups in total. The van der Waals surface area contributed by atoms with Crippen molar-refractivity contribution in [2.24, 2.45) is 0 Å². The topological polar surface area (TPSA) is 0 Å². The second-order valence-electron chi connectivity index (χ2n) is 11.4. The average molecular weight is 567 g/mol. The van der Waals surface area contributed by atoms with Gasteiger partial charge in [-0.3, -0.25) is 0 Å². The quantitative estimate of drug-likeness (QED) is 0.186. The number of hydrogen-bond acceptors (Lipinski definition) is 0. The molecule has 43 heavy (non-hydrogen) atoms. The maximum absolute atomic E-state index is 2.47. The summed E-state index contributed by atoms with van der Waals surface area (Å²) in [7, 11) is -0.573. The summed E-state index contributed by atoms with van der Waals surface area (Å²) in [4.78, 5) is 0. The zero-order chi connectivity index (χ0) is 28.9. The smallest absolute Gasteiger partial charge is 0.00687 e. The van der Waals surface area contributed by atoms with Gasteiger partial charge in [-0.1, -0.05) is 153 Å². The molecule has 204 valence electrons. The van der Waals surface area contributed by atoms with Gasteiger partial charge >= 0.3 is 0 Å². The van der Waals surface area contributed by atoms with Gasteiger partial charge in [0, 0.05) is 10.2 Å². The minimum atomic E-state index is -0.573. The first-order chi connectivity index (χ1) is 21.2. The van der Waals surface area contributed by atoms with Gasteiger partial charge in [0.05, 0.1) is 0 Å². The van der Waals surface area contributed by atoms with E-state index in [-0.39, 0.29) is 0 Å². The van der Waals surface area contributed by atoms with Gasteiger partial charge in [0.2, 0.25) is 0 Å². The number of fused-ring (bicyclic) bond motifs is 5. The Labute approximate surface area is 253 Å². The summed E-state index contributed by atoms with van der Waals surface area (Å²) in [6.07, 6.45) is 4.25. The Morgan fingerprint density at radius 1 is 0.465 bits per heavy atom. The van der Waals surface area contributed by atoms with Gasteiger partial charge in [0.15, 0.2) is 0 Å². The largest absolute Gasteiger partial charge is 0.0871 e. The van der Waals surface area contributed by atoms with Crippen LogP contribution in [0.25, 0.3) is 76.2 Å². The normalized spacial score (nSPS) is 12.3. The number of rotatable bonds is 4. The molecule has 0 fully saturated rings. The van der Waals surface area contributed by atoms with Crippen molar-refractivity contribution in [3.05, 3.63) is 157 Å². The summed E-state index contributed by atoms with van der Waals surface area (Å²) in [6, 6.07) is 52.2. The minimum absolute atomic E-state index is 0.573. The first-order valence-electron chi connectivity index (χ1n) is 15.0. The van der Waals surface area contributed by atoms with Crippen molar-refractivity contribution < 1.29 is 0 Å². The van der Waals surface area contributed by atoms with Crippen LogP contribution in [0.2, 0.25) is 0 Å². The van der Waals surface area contributed by atoms with Crippen LogP contribution in [0.3, 0.4) is 0 Å². The standard InChI is InChI=1S/C42H31P/c1-3-11-29-19-21-30(22-20-29)41-34-15-7-8-16-35(34)42(38-26-28(2)18-24-36(38)41)31-23-25-40-37(27-31)33-14-9-10-17-39(33)43(40)32-12-5-4-6-13-32/h3-27H,1-2H3/b11-3-. The van der Waals surface area contributed by atoms with Crippen molar-refractivity contribution in [2.45, 2.75) is 13.8 Å². The molecule has 1 heterocycles. The molecule has 0 saturated heterocycles. The van der Waals surface area contributed by atoms with Crippen LogP contribution in [-0.2, 0) is 0 Å². The van der Waals surface area contributed by atoms with Crippen LogP contribution in [0.1, 0.15) is 18.1 Å². The molecule has 0 saturated carbocycles. The van der Waals surface area contributed by atoms with Crippen molar-refractivity contribution in [1.82, 2.24) is 0 Å². The summed E-state index contributed by atoms with van der Waals surface area (Å²) in [5, 5.41) is 12.3. The fourth-order valence-electron chi connectivity index (χ4n) is 6.85. The summed E-state index contributed by atoms with van der Waals surface area (Å²) in [5.41, 5.74) is 7.65. The van der Waals surface area contributed by atoms with Gasteiger partial charge in [-0.15, -0.1) is 0 Å². The molecule has 1 unspecified atom stereocenters. The molecule has 0 bridgehead atoms. The first kappa shape index (κ1) is 25.8.